The van der Waals surface area contributed by atoms with Crippen LogP contribution in [0.2, 0.25) is 0 Å². The molecule has 0 aliphatic carbocycles. The van der Waals surface area contributed by atoms with Crippen LogP contribution in [0.3, 0.4) is 0 Å². The first-order valence-corrected chi connectivity index (χ1v) is 7.03. The monoisotopic (exact) mass is 249 g/mol. The molecular weight excluding hydrogens is 222 g/mol. The highest BCUT2D eigenvalue weighted by molar-refractivity contribution is 5.48. The predicted octanol–water partition coefficient (Wildman–Crippen LogP) is 3.92. The minimum absolute atomic E-state index is 0.361. The maximum absolute atomic E-state index is 10.5. The van der Waals surface area contributed by atoms with Gasteiger partial charge < -0.3 is 10.8 Å². The van der Waals surface area contributed by atoms with Crippen LogP contribution in [0.5, 0.6) is 5.75 Å². The molecular formula is C16H27NO. The first-order valence-electron chi connectivity index (χ1n) is 7.03. The van der Waals surface area contributed by atoms with Crippen LogP contribution in [0.25, 0.3) is 0 Å². The number of phenolic OH excluding ortho intramolecular Hbond substituents is 1. The summed E-state index contributed by atoms with van der Waals surface area (Å²) in [6, 6.07) is 4.25. The second-order valence-corrected chi connectivity index (χ2v) is 5.63. The Kier molecular flexibility index (Phi) is 5.67. The molecule has 0 spiro atoms. The highest BCUT2D eigenvalue weighted by Crippen LogP contribution is 2.35. The van der Waals surface area contributed by atoms with Crippen molar-refractivity contribution in [1.29, 1.82) is 0 Å². The summed E-state index contributed by atoms with van der Waals surface area (Å²) in [6.45, 7) is 9.32. The van der Waals surface area contributed by atoms with E-state index >= 15 is 0 Å². The number of aromatic hydroxyl groups is 1. The van der Waals surface area contributed by atoms with Crippen LogP contribution in [0.1, 0.15) is 69.1 Å². The van der Waals surface area contributed by atoms with E-state index in [1.807, 2.05) is 0 Å². The van der Waals surface area contributed by atoms with E-state index in [0.717, 1.165) is 36.9 Å². The number of hydrogen-bond donors (Lipinski definition) is 2. The zero-order valence-corrected chi connectivity index (χ0v) is 12.2. The van der Waals surface area contributed by atoms with Gasteiger partial charge in [-0.25, -0.2) is 0 Å². The summed E-state index contributed by atoms with van der Waals surface area (Å²) in [5.41, 5.74) is 9.00. The smallest absolute Gasteiger partial charge is 0.122 e. The summed E-state index contributed by atoms with van der Waals surface area (Å²) >= 11 is 0. The van der Waals surface area contributed by atoms with Gasteiger partial charge in [-0.3, -0.25) is 0 Å². The quantitative estimate of drug-likeness (QED) is 0.751. The Hall–Kier alpha value is -1.02. The van der Waals surface area contributed by atoms with Crippen LogP contribution >= 0.6 is 0 Å². The van der Waals surface area contributed by atoms with Crippen molar-refractivity contribution in [3.05, 3.63) is 28.8 Å². The summed E-state index contributed by atoms with van der Waals surface area (Å²) in [5, 5.41) is 10.5. The molecule has 0 saturated carbocycles. The molecule has 0 aliphatic rings. The third-order valence-electron chi connectivity index (χ3n) is 3.48. The topological polar surface area (TPSA) is 46.2 Å². The van der Waals surface area contributed by atoms with E-state index in [1.165, 1.54) is 5.56 Å². The van der Waals surface area contributed by atoms with Gasteiger partial charge in [0.25, 0.3) is 0 Å². The van der Waals surface area contributed by atoms with Crippen LogP contribution in [0.15, 0.2) is 12.1 Å². The van der Waals surface area contributed by atoms with Gasteiger partial charge in [0.1, 0.15) is 5.75 Å². The number of phenols is 1. The van der Waals surface area contributed by atoms with E-state index in [0.29, 0.717) is 17.6 Å². The number of unbranched alkanes of at least 4 members (excludes halogenated alkanes) is 1. The van der Waals surface area contributed by atoms with E-state index in [1.54, 1.807) is 0 Å². The second kappa shape index (κ2) is 6.79. The molecule has 0 saturated heterocycles. The first-order chi connectivity index (χ1) is 8.49. The van der Waals surface area contributed by atoms with Crippen LogP contribution in [0, 0.1) is 0 Å². The van der Waals surface area contributed by atoms with E-state index < -0.39 is 0 Å². The highest BCUT2D eigenvalue weighted by atomic mass is 16.3. The van der Waals surface area contributed by atoms with Gasteiger partial charge in [-0.15, -0.1) is 0 Å². The number of hydrogen-bond acceptors (Lipinski definition) is 2. The Morgan fingerprint density at radius 1 is 1.00 bits per heavy atom. The van der Waals surface area contributed by atoms with Gasteiger partial charge in [-0.05, 0) is 54.3 Å². The molecule has 0 amide bonds. The van der Waals surface area contributed by atoms with Crippen molar-refractivity contribution in [2.45, 2.75) is 58.8 Å². The van der Waals surface area contributed by atoms with Crippen LogP contribution in [0.4, 0.5) is 0 Å². The second-order valence-electron chi connectivity index (χ2n) is 5.63. The fraction of sp³-hybridized carbons (Fsp3) is 0.625. The Labute approximate surface area is 111 Å². The number of benzene rings is 1. The van der Waals surface area contributed by atoms with Gasteiger partial charge in [0.2, 0.25) is 0 Å². The van der Waals surface area contributed by atoms with Crippen LogP contribution in [-0.2, 0) is 6.42 Å². The molecule has 2 nitrogen and oxygen atoms in total. The molecule has 18 heavy (non-hydrogen) atoms. The van der Waals surface area contributed by atoms with Gasteiger partial charge >= 0.3 is 0 Å². The Morgan fingerprint density at radius 3 is 2.06 bits per heavy atom. The summed E-state index contributed by atoms with van der Waals surface area (Å²) in [5.74, 6) is 1.32. The standard InChI is InChI=1S/C16H27NO/c1-11(2)13-8-9-14(12(3)4)16(18)15(13)7-5-6-10-17/h8-9,11-12,18H,5-7,10,17H2,1-4H3. The van der Waals surface area contributed by atoms with E-state index in [4.69, 9.17) is 5.73 Å². The molecule has 0 aromatic heterocycles. The van der Waals surface area contributed by atoms with Gasteiger partial charge in [0.05, 0.1) is 0 Å². The van der Waals surface area contributed by atoms with E-state index in [2.05, 4.69) is 39.8 Å². The minimum Gasteiger partial charge on any atom is -0.507 e. The molecule has 0 atom stereocenters. The van der Waals surface area contributed by atoms with Crippen molar-refractivity contribution in [3.8, 4) is 5.75 Å². The molecule has 0 aliphatic heterocycles. The van der Waals surface area contributed by atoms with Gasteiger partial charge in [-0.2, -0.15) is 0 Å². The van der Waals surface area contributed by atoms with Gasteiger partial charge in [-0.1, -0.05) is 39.8 Å². The maximum atomic E-state index is 10.5. The normalized spacial score (nSPS) is 11.5. The van der Waals surface area contributed by atoms with Crippen molar-refractivity contribution in [2.75, 3.05) is 6.54 Å². The lowest BCUT2D eigenvalue weighted by Gasteiger charge is -2.19. The van der Waals surface area contributed by atoms with E-state index in [-0.39, 0.29) is 0 Å². The number of rotatable bonds is 6. The zero-order valence-electron chi connectivity index (χ0n) is 12.2. The lowest BCUT2D eigenvalue weighted by molar-refractivity contribution is 0.454. The molecule has 0 radical (unpaired) electrons. The van der Waals surface area contributed by atoms with Crippen molar-refractivity contribution in [1.82, 2.24) is 0 Å². The molecule has 1 aromatic rings. The molecule has 3 N–H and O–H groups in total. The van der Waals surface area contributed by atoms with Crippen molar-refractivity contribution >= 4 is 0 Å². The Balaban J connectivity index is 3.10. The van der Waals surface area contributed by atoms with Crippen molar-refractivity contribution < 1.29 is 5.11 Å². The highest BCUT2D eigenvalue weighted by Gasteiger charge is 2.16. The third-order valence-corrected chi connectivity index (χ3v) is 3.48. The fourth-order valence-corrected chi connectivity index (χ4v) is 2.39. The molecule has 0 heterocycles. The predicted molar refractivity (Wildman–Crippen MR) is 78.3 cm³/mol. The molecule has 1 rings (SSSR count). The van der Waals surface area contributed by atoms with Crippen molar-refractivity contribution in [3.63, 3.8) is 0 Å². The van der Waals surface area contributed by atoms with Crippen molar-refractivity contribution in [2.24, 2.45) is 5.73 Å². The average molecular weight is 249 g/mol. The SMILES string of the molecule is CC(C)c1ccc(C(C)C)c(CCCCN)c1O. The van der Waals surface area contributed by atoms with Gasteiger partial charge in [0.15, 0.2) is 0 Å². The maximum Gasteiger partial charge on any atom is 0.122 e. The molecule has 102 valence electrons. The summed E-state index contributed by atoms with van der Waals surface area (Å²) < 4.78 is 0. The fourth-order valence-electron chi connectivity index (χ4n) is 2.39. The summed E-state index contributed by atoms with van der Waals surface area (Å²) in [7, 11) is 0. The van der Waals surface area contributed by atoms with Gasteiger partial charge in [0, 0.05) is 0 Å². The summed E-state index contributed by atoms with van der Waals surface area (Å²) in [4.78, 5) is 0. The molecule has 0 bridgehead atoms. The van der Waals surface area contributed by atoms with Crippen LogP contribution < -0.4 is 5.73 Å². The average Bonchev–Trinajstić information content (AvgIpc) is 2.30. The molecule has 2 heteroatoms. The third kappa shape index (κ3) is 3.49. The Morgan fingerprint density at radius 2 is 1.56 bits per heavy atom. The Bertz CT molecular complexity index is 383. The van der Waals surface area contributed by atoms with E-state index in [9.17, 15) is 5.11 Å². The minimum atomic E-state index is 0.361. The molecule has 0 unspecified atom stereocenters. The first kappa shape index (κ1) is 15.0. The largest absolute Gasteiger partial charge is 0.507 e. The van der Waals surface area contributed by atoms with Crippen LogP contribution in [-0.4, -0.2) is 11.7 Å². The lowest BCUT2D eigenvalue weighted by Crippen LogP contribution is -2.03. The molecule has 0 fully saturated rings. The molecule has 1 aromatic carbocycles. The zero-order chi connectivity index (χ0) is 13.7. The number of nitrogens with two attached hydrogens (primary N) is 1. The summed E-state index contributed by atoms with van der Waals surface area (Å²) in [6.07, 6.45) is 2.99. The lowest BCUT2D eigenvalue weighted by atomic mass is 9.88.